The molecule has 1 N–H and O–H groups in total. The van der Waals surface area contributed by atoms with E-state index in [4.69, 9.17) is 0 Å². The van der Waals surface area contributed by atoms with Crippen LogP contribution in [0.15, 0.2) is 59.6 Å². The SMILES string of the molecule is CN1CCC[C@@H]1Cc1c[nH]c2ccc(CCS(=O)(=O)c3ccccc3)cc12.[Br-]. The molecule has 0 aliphatic carbocycles. The zero-order valence-corrected chi connectivity index (χ0v) is 18.5. The Morgan fingerprint density at radius 2 is 1.93 bits per heavy atom. The maximum atomic E-state index is 12.5. The largest absolute Gasteiger partial charge is 1.00 e. The van der Waals surface area contributed by atoms with Gasteiger partial charge >= 0.3 is 0 Å². The van der Waals surface area contributed by atoms with Gasteiger partial charge < -0.3 is 26.9 Å². The van der Waals surface area contributed by atoms with E-state index < -0.39 is 9.84 Å². The second-order valence-electron chi connectivity index (χ2n) is 7.56. The third-order valence-corrected chi connectivity index (χ3v) is 7.45. The Morgan fingerprint density at radius 1 is 1.14 bits per heavy atom. The second-order valence-corrected chi connectivity index (χ2v) is 9.67. The van der Waals surface area contributed by atoms with Crippen LogP contribution >= 0.6 is 0 Å². The zero-order valence-electron chi connectivity index (χ0n) is 16.1. The van der Waals surface area contributed by atoms with E-state index in [0.29, 0.717) is 17.4 Å². The lowest BCUT2D eigenvalue weighted by Crippen LogP contribution is -3.00. The van der Waals surface area contributed by atoms with Crippen LogP contribution in [0.1, 0.15) is 24.0 Å². The molecule has 0 bridgehead atoms. The Morgan fingerprint density at radius 3 is 2.64 bits per heavy atom. The van der Waals surface area contributed by atoms with Crippen LogP contribution in [0, 0.1) is 0 Å². The number of halogens is 1. The third-order valence-electron chi connectivity index (χ3n) is 5.72. The van der Waals surface area contributed by atoms with Crippen molar-refractivity contribution >= 4 is 20.7 Å². The number of H-pyrrole nitrogens is 1. The number of likely N-dealkylation sites (N-methyl/N-ethyl adjacent to an activating group) is 1. The van der Waals surface area contributed by atoms with Gasteiger partial charge in [0.1, 0.15) is 0 Å². The average molecular weight is 462 g/mol. The van der Waals surface area contributed by atoms with Crippen molar-refractivity contribution in [2.75, 3.05) is 19.3 Å². The molecule has 0 unspecified atom stereocenters. The molecule has 1 saturated heterocycles. The number of rotatable bonds is 6. The molecule has 0 radical (unpaired) electrons. The van der Waals surface area contributed by atoms with Crippen molar-refractivity contribution in [1.82, 2.24) is 9.88 Å². The van der Waals surface area contributed by atoms with Crippen LogP contribution in [-0.2, 0) is 22.7 Å². The fourth-order valence-electron chi connectivity index (χ4n) is 4.04. The quantitative estimate of drug-likeness (QED) is 0.591. The summed E-state index contributed by atoms with van der Waals surface area (Å²) in [4.78, 5) is 6.21. The van der Waals surface area contributed by atoms with Gasteiger partial charge in [-0.3, -0.25) is 0 Å². The molecule has 0 spiro atoms. The number of nitrogens with one attached hydrogen (secondary N) is 1. The van der Waals surface area contributed by atoms with E-state index in [0.717, 1.165) is 17.5 Å². The fraction of sp³-hybridized carbons (Fsp3) is 0.364. The van der Waals surface area contributed by atoms with E-state index in [9.17, 15) is 8.42 Å². The highest BCUT2D eigenvalue weighted by molar-refractivity contribution is 7.91. The average Bonchev–Trinajstić information content (AvgIpc) is 3.27. The molecule has 1 aliphatic heterocycles. The maximum absolute atomic E-state index is 12.5. The Labute approximate surface area is 177 Å². The standard InChI is InChI=1S/C22H26N2O2S.BrH/c1-24-12-5-6-19(24)15-18-16-23-22-10-9-17(14-21(18)22)11-13-27(25,26)20-7-3-2-4-8-20;/h2-4,7-10,14,16,19,23H,5-6,11-13,15H2,1H3;1H/p-1/t19-;/m1./s1. The monoisotopic (exact) mass is 461 g/mol. The first-order chi connectivity index (χ1) is 13.0. The number of sulfone groups is 1. The van der Waals surface area contributed by atoms with Crippen LogP contribution in [0.3, 0.4) is 0 Å². The topological polar surface area (TPSA) is 53.2 Å². The molecule has 2 heterocycles. The summed E-state index contributed by atoms with van der Waals surface area (Å²) < 4.78 is 25.1. The second kappa shape index (κ2) is 8.80. The van der Waals surface area contributed by atoms with Crippen molar-refractivity contribution in [2.45, 2.75) is 36.6 Å². The van der Waals surface area contributed by atoms with Crippen molar-refractivity contribution in [3.05, 3.63) is 65.9 Å². The fourth-order valence-corrected chi connectivity index (χ4v) is 5.35. The van der Waals surface area contributed by atoms with Crippen LogP contribution in [0.25, 0.3) is 10.9 Å². The summed E-state index contributed by atoms with van der Waals surface area (Å²) in [7, 11) is -1.05. The Balaban J connectivity index is 0.00000225. The van der Waals surface area contributed by atoms with E-state index in [-0.39, 0.29) is 22.7 Å². The minimum atomic E-state index is -3.25. The number of benzene rings is 2. The number of nitrogens with zero attached hydrogens (tertiary/aromatic N) is 1. The first-order valence-electron chi connectivity index (χ1n) is 9.60. The summed E-state index contributed by atoms with van der Waals surface area (Å²) in [5, 5.41) is 1.23. The van der Waals surface area contributed by atoms with Gasteiger partial charge in [0.25, 0.3) is 0 Å². The van der Waals surface area contributed by atoms with Gasteiger partial charge in [-0.1, -0.05) is 24.3 Å². The number of fused-ring (bicyclic) bond motifs is 1. The molecular formula is C22H26BrN2O2S-. The lowest BCUT2D eigenvalue weighted by Gasteiger charge is -2.18. The number of hydrogen-bond acceptors (Lipinski definition) is 3. The number of aromatic amines is 1. The summed E-state index contributed by atoms with van der Waals surface area (Å²) >= 11 is 0. The third kappa shape index (κ3) is 4.50. The molecular weight excluding hydrogens is 436 g/mol. The first-order valence-corrected chi connectivity index (χ1v) is 11.2. The van der Waals surface area contributed by atoms with Gasteiger partial charge in [-0.25, -0.2) is 8.42 Å². The molecule has 0 amide bonds. The van der Waals surface area contributed by atoms with Crippen molar-refractivity contribution < 1.29 is 25.4 Å². The summed E-state index contributed by atoms with van der Waals surface area (Å²) in [5.74, 6) is 0.133. The molecule has 1 aromatic heterocycles. The number of aromatic nitrogens is 1. The van der Waals surface area contributed by atoms with Crippen LogP contribution in [0.5, 0.6) is 0 Å². The predicted octanol–water partition coefficient (Wildman–Crippen LogP) is 0.825. The molecule has 0 saturated carbocycles. The first kappa shape index (κ1) is 21.1. The normalized spacial score (nSPS) is 17.7. The van der Waals surface area contributed by atoms with Gasteiger partial charge in [-0.2, -0.15) is 0 Å². The Kier molecular flexibility index (Phi) is 6.63. The van der Waals surface area contributed by atoms with Gasteiger partial charge in [-0.15, -0.1) is 0 Å². The van der Waals surface area contributed by atoms with Gasteiger partial charge in [0, 0.05) is 23.1 Å². The highest BCUT2D eigenvalue weighted by Crippen LogP contribution is 2.26. The van der Waals surface area contributed by atoms with E-state index in [1.807, 2.05) is 12.1 Å². The number of likely N-dealkylation sites (tertiary alicyclic amines) is 1. The van der Waals surface area contributed by atoms with Crippen LogP contribution in [0.4, 0.5) is 0 Å². The number of hydrogen-bond donors (Lipinski definition) is 1. The molecule has 28 heavy (non-hydrogen) atoms. The summed E-state index contributed by atoms with van der Waals surface area (Å²) in [5.41, 5.74) is 3.53. The Bertz CT molecular complexity index is 1030. The van der Waals surface area contributed by atoms with Crippen LogP contribution in [0.2, 0.25) is 0 Å². The van der Waals surface area contributed by atoms with Crippen molar-refractivity contribution in [3.63, 3.8) is 0 Å². The van der Waals surface area contributed by atoms with Crippen LogP contribution < -0.4 is 17.0 Å². The summed E-state index contributed by atoms with van der Waals surface area (Å²) in [6.07, 6.45) is 6.20. The Hall–Kier alpha value is -1.63. The van der Waals surface area contributed by atoms with Crippen molar-refractivity contribution in [3.8, 4) is 0 Å². The molecule has 1 aliphatic rings. The lowest BCUT2D eigenvalue weighted by molar-refractivity contribution is -0.00000792. The predicted molar refractivity (Wildman–Crippen MR) is 110 cm³/mol. The van der Waals surface area contributed by atoms with E-state index >= 15 is 0 Å². The smallest absolute Gasteiger partial charge is 0.178 e. The molecule has 1 atom stereocenters. The van der Waals surface area contributed by atoms with Gasteiger partial charge in [0.15, 0.2) is 9.84 Å². The van der Waals surface area contributed by atoms with Gasteiger partial charge in [0.2, 0.25) is 0 Å². The zero-order chi connectivity index (χ0) is 18.9. The summed E-state index contributed by atoms with van der Waals surface area (Å²) in [6, 6.07) is 15.6. The van der Waals surface area contributed by atoms with Gasteiger partial charge in [-0.05, 0) is 74.7 Å². The van der Waals surface area contributed by atoms with E-state index in [1.165, 1.54) is 30.3 Å². The highest BCUT2D eigenvalue weighted by atomic mass is 79.9. The number of aryl methyl sites for hydroxylation is 1. The highest BCUT2D eigenvalue weighted by Gasteiger charge is 2.22. The van der Waals surface area contributed by atoms with Crippen LogP contribution in [-0.4, -0.2) is 43.7 Å². The van der Waals surface area contributed by atoms with Crippen molar-refractivity contribution in [1.29, 1.82) is 0 Å². The summed E-state index contributed by atoms with van der Waals surface area (Å²) in [6.45, 7) is 1.18. The molecule has 4 nitrogen and oxygen atoms in total. The van der Waals surface area contributed by atoms with Gasteiger partial charge in [0.05, 0.1) is 10.6 Å². The molecule has 150 valence electrons. The molecule has 1 fully saturated rings. The maximum Gasteiger partial charge on any atom is 0.178 e. The van der Waals surface area contributed by atoms with Crippen molar-refractivity contribution in [2.24, 2.45) is 0 Å². The lowest BCUT2D eigenvalue weighted by atomic mass is 10.0. The molecule has 4 rings (SSSR count). The minimum Gasteiger partial charge on any atom is -1.00 e. The van der Waals surface area contributed by atoms with E-state index in [2.05, 4.69) is 35.3 Å². The molecule has 6 heteroatoms. The molecule has 3 aromatic rings. The molecule has 2 aromatic carbocycles. The van der Waals surface area contributed by atoms with E-state index in [1.54, 1.807) is 24.3 Å². The minimum absolute atomic E-state index is 0.